The number of benzene rings is 1. The van der Waals surface area contributed by atoms with Gasteiger partial charge in [-0.3, -0.25) is 9.59 Å². The van der Waals surface area contributed by atoms with Crippen molar-refractivity contribution in [1.29, 1.82) is 0 Å². The number of carboxylic acids is 1. The number of aliphatic carboxylic acids is 1. The number of carbonyl (C=O) groups excluding carboxylic acids is 1. The number of aryl methyl sites for hydroxylation is 1. The predicted molar refractivity (Wildman–Crippen MR) is 93.1 cm³/mol. The van der Waals surface area contributed by atoms with E-state index in [1.165, 1.54) is 0 Å². The monoisotopic (exact) mass is 358 g/mol. The van der Waals surface area contributed by atoms with Crippen molar-refractivity contribution in [3.8, 4) is 5.69 Å². The summed E-state index contributed by atoms with van der Waals surface area (Å²) in [7, 11) is 0. The molecule has 0 saturated carbocycles. The fourth-order valence-corrected chi connectivity index (χ4v) is 2.97. The number of rotatable bonds is 5. The number of carboxylic acid groups (broad SMARTS) is 1. The summed E-state index contributed by atoms with van der Waals surface area (Å²) in [6.45, 7) is 4.99. The third-order valence-corrected chi connectivity index (χ3v) is 4.48. The van der Waals surface area contributed by atoms with E-state index in [9.17, 15) is 9.59 Å². The lowest BCUT2D eigenvalue weighted by Crippen LogP contribution is -2.46. The van der Waals surface area contributed by atoms with Gasteiger partial charge in [-0.05, 0) is 26.0 Å². The lowest BCUT2D eigenvalue weighted by atomic mass is 10.1. The molecule has 1 amide bonds. The standard InChI is InChI=1S/C18H22N4O4/c1-12-3-5-14(6-4-12)22-13(2)16(19-20-22)10-17(23)21-7-8-26-15(11-21)9-18(24)25/h3-6,15H,7-11H2,1-2H3,(H,24,25). The van der Waals surface area contributed by atoms with E-state index < -0.39 is 12.1 Å². The minimum absolute atomic E-state index is 0.0947. The Morgan fingerprint density at radius 3 is 2.69 bits per heavy atom. The summed E-state index contributed by atoms with van der Waals surface area (Å²) in [4.78, 5) is 25.1. The van der Waals surface area contributed by atoms with E-state index in [-0.39, 0.29) is 25.3 Å². The van der Waals surface area contributed by atoms with Gasteiger partial charge in [0, 0.05) is 13.1 Å². The summed E-state index contributed by atoms with van der Waals surface area (Å²) < 4.78 is 7.12. The highest BCUT2D eigenvalue weighted by molar-refractivity contribution is 5.79. The number of hydrogen-bond donors (Lipinski definition) is 1. The molecule has 1 fully saturated rings. The summed E-state index contributed by atoms with van der Waals surface area (Å²) in [5, 5.41) is 17.2. The first-order valence-electron chi connectivity index (χ1n) is 8.53. The summed E-state index contributed by atoms with van der Waals surface area (Å²) in [6.07, 6.45) is -0.432. The number of hydrogen-bond acceptors (Lipinski definition) is 5. The van der Waals surface area contributed by atoms with Crippen molar-refractivity contribution in [2.75, 3.05) is 19.7 Å². The molecule has 138 valence electrons. The molecule has 8 heteroatoms. The first kappa shape index (κ1) is 18.1. The van der Waals surface area contributed by atoms with E-state index in [1.807, 2.05) is 38.1 Å². The topological polar surface area (TPSA) is 97.5 Å². The predicted octanol–water partition coefficient (Wildman–Crippen LogP) is 1.13. The van der Waals surface area contributed by atoms with Crippen LogP contribution >= 0.6 is 0 Å². The van der Waals surface area contributed by atoms with Crippen LogP contribution in [0.1, 0.15) is 23.4 Å². The molecule has 1 aromatic carbocycles. The molecule has 0 aliphatic carbocycles. The lowest BCUT2D eigenvalue weighted by Gasteiger charge is -2.32. The molecular weight excluding hydrogens is 336 g/mol. The van der Waals surface area contributed by atoms with Gasteiger partial charge in [-0.15, -0.1) is 5.10 Å². The van der Waals surface area contributed by atoms with Crippen LogP contribution in [0.15, 0.2) is 24.3 Å². The van der Waals surface area contributed by atoms with Crippen molar-refractivity contribution in [2.45, 2.75) is 32.8 Å². The van der Waals surface area contributed by atoms with E-state index in [0.717, 1.165) is 16.9 Å². The number of amides is 1. The molecule has 1 saturated heterocycles. The normalized spacial score (nSPS) is 17.3. The van der Waals surface area contributed by atoms with Gasteiger partial charge in [-0.1, -0.05) is 22.9 Å². The van der Waals surface area contributed by atoms with E-state index in [0.29, 0.717) is 18.8 Å². The Bertz CT molecular complexity index is 800. The van der Waals surface area contributed by atoms with Crippen molar-refractivity contribution in [2.24, 2.45) is 0 Å². The maximum Gasteiger partial charge on any atom is 0.306 e. The Morgan fingerprint density at radius 1 is 1.27 bits per heavy atom. The molecule has 1 aliphatic rings. The fourth-order valence-electron chi connectivity index (χ4n) is 2.97. The highest BCUT2D eigenvalue weighted by atomic mass is 16.5. The number of ether oxygens (including phenoxy) is 1. The molecule has 2 aromatic rings. The van der Waals surface area contributed by atoms with Gasteiger partial charge < -0.3 is 14.7 Å². The van der Waals surface area contributed by atoms with Gasteiger partial charge in [0.15, 0.2) is 0 Å². The number of morpholine rings is 1. The summed E-state index contributed by atoms with van der Waals surface area (Å²) in [6, 6.07) is 7.91. The largest absolute Gasteiger partial charge is 0.481 e. The molecule has 1 aromatic heterocycles. The van der Waals surface area contributed by atoms with Crippen LogP contribution in [0.4, 0.5) is 0 Å². The van der Waals surface area contributed by atoms with Gasteiger partial charge in [0.25, 0.3) is 0 Å². The van der Waals surface area contributed by atoms with Crippen LogP contribution in [-0.2, 0) is 20.7 Å². The summed E-state index contributed by atoms with van der Waals surface area (Å²) >= 11 is 0. The van der Waals surface area contributed by atoms with Crippen molar-refractivity contribution in [3.63, 3.8) is 0 Å². The Balaban J connectivity index is 1.68. The Labute approximate surface area is 151 Å². The van der Waals surface area contributed by atoms with E-state index in [4.69, 9.17) is 9.84 Å². The van der Waals surface area contributed by atoms with Crippen molar-refractivity contribution in [1.82, 2.24) is 19.9 Å². The Hall–Kier alpha value is -2.74. The van der Waals surface area contributed by atoms with Crippen molar-refractivity contribution >= 4 is 11.9 Å². The summed E-state index contributed by atoms with van der Waals surface area (Å²) in [5.74, 6) is -1.02. The van der Waals surface area contributed by atoms with Crippen LogP contribution in [0, 0.1) is 13.8 Å². The molecule has 8 nitrogen and oxygen atoms in total. The van der Waals surface area contributed by atoms with Gasteiger partial charge in [-0.2, -0.15) is 0 Å². The van der Waals surface area contributed by atoms with Crippen LogP contribution in [0.5, 0.6) is 0 Å². The van der Waals surface area contributed by atoms with Crippen LogP contribution in [0.3, 0.4) is 0 Å². The smallest absolute Gasteiger partial charge is 0.306 e. The second kappa shape index (κ2) is 7.65. The van der Waals surface area contributed by atoms with Crippen LogP contribution in [-0.4, -0.2) is 62.7 Å². The Kier molecular flexibility index (Phi) is 5.32. The lowest BCUT2D eigenvalue weighted by molar-refractivity contribution is -0.147. The average molecular weight is 358 g/mol. The minimum atomic E-state index is -0.929. The zero-order valence-corrected chi connectivity index (χ0v) is 14.9. The second-order valence-electron chi connectivity index (χ2n) is 6.48. The molecule has 0 bridgehead atoms. The van der Waals surface area contributed by atoms with Gasteiger partial charge in [0.05, 0.1) is 42.6 Å². The Morgan fingerprint density at radius 2 is 2.00 bits per heavy atom. The molecule has 0 spiro atoms. The first-order chi connectivity index (χ1) is 12.4. The second-order valence-corrected chi connectivity index (χ2v) is 6.48. The van der Waals surface area contributed by atoms with Crippen molar-refractivity contribution < 1.29 is 19.4 Å². The third-order valence-electron chi connectivity index (χ3n) is 4.48. The van der Waals surface area contributed by atoms with Gasteiger partial charge in [0.2, 0.25) is 5.91 Å². The van der Waals surface area contributed by atoms with E-state index >= 15 is 0 Å². The average Bonchev–Trinajstić information content (AvgIpc) is 2.96. The highest BCUT2D eigenvalue weighted by Gasteiger charge is 2.27. The quantitative estimate of drug-likeness (QED) is 0.860. The van der Waals surface area contributed by atoms with Gasteiger partial charge >= 0.3 is 5.97 Å². The maximum atomic E-state index is 12.6. The van der Waals surface area contributed by atoms with Gasteiger partial charge in [0.1, 0.15) is 0 Å². The number of aromatic nitrogens is 3. The van der Waals surface area contributed by atoms with Crippen LogP contribution < -0.4 is 0 Å². The molecule has 2 heterocycles. The zero-order chi connectivity index (χ0) is 18.7. The van der Waals surface area contributed by atoms with Crippen LogP contribution in [0.25, 0.3) is 5.69 Å². The molecule has 1 N–H and O–H groups in total. The maximum absolute atomic E-state index is 12.6. The number of nitrogens with zero attached hydrogens (tertiary/aromatic N) is 4. The number of carbonyl (C=O) groups is 2. The first-order valence-corrected chi connectivity index (χ1v) is 8.53. The van der Waals surface area contributed by atoms with Gasteiger partial charge in [-0.25, -0.2) is 4.68 Å². The van der Waals surface area contributed by atoms with E-state index in [1.54, 1.807) is 9.58 Å². The fraction of sp³-hybridized carbons (Fsp3) is 0.444. The van der Waals surface area contributed by atoms with Crippen LogP contribution in [0.2, 0.25) is 0 Å². The minimum Gasteiger partial charge on any atom is -0.481 e. The third kappa shape index (κ3) is 4.08. The van der Waals surface area contributed by atoms with E-state index in [2.05, 4.69) is 10.3 Å². The molecule has 1 aliphatic heterocycles. The van der Waals surface area contributed by atoms with Crippen molar-refractivity contribution in [3.05, 3.63) is 41.2 Å². The molecule has 1 atom stereocenters. The molecule has 26 heavy (non-hydrogen) atoms. The zero-order valence-electron chi connectivity index (χ0n) is 14.9. The molecule has 3 rings (SSSR count). The SMILES string of the molecule is Cc1ccc(-n2nnc(CC(=O)N3CCOC(CC(=O)O)C3)c2C)cc1. The summed E-state index contributed by atoms with van der Waals surface area (Å²) in [5.41, 5.74) is 3.49. The molecular formula is C18H22N4O4. The molecule has 1 unspecified atom stereocenters. The highest BCUT2D eigenvalue weighted by Crippen LogP contribution is 2.15. The molecule has 0 radical (unpaired) electrons.